The molecule has 1 aromatic carbocycles. The van der Waals surface area contributed by atoms with Crippen molar-refractivity contribution in [1.29, 1.82) is 5.26 Å². The van der Waals surface area contributed by atoms with Gasteiger partial charge in [-0.3, -0.25) is 4.79 Å². The number of aliphatic hydroxyl groups excluding tert-OH is 1. The summed E-state index contributed by atoms with van der Waals surface area (Å²) in [6.45, 7) is 0.840. The van der Waals surface area contributed by atoms with E-state index in [1.807, 2.05) is 6.07 Å². The molecule has 1 N–H and O–H groups in total. The molecule has 21 heavy (non-hydrogen) atoms. The summed E-state index contributed by atoms with van der Waals surface area (Å²) >= 11 is 11.7. The Labute approximate surface area is 133 Å². The lowest BCUT2D eigenvalue weighted by molar-refractivity contribution is -0.141. The second-order valence-corrected chi connectivity index (χ2v) is 5.20. The van der Waals surface area contributed by atoms with Gasteiger partial charge in [0.15, 0.2) is 6.10 Å². The summed E-state index contributed by atoms with van der Waals surface area (Å²) in [5.74, 6) is -0.513. The molecule has 114 valence electrons. The summed E-state index contributed by atoms with van der Waals surface area (Å²) in [6, 6.07) is 6.45. The third kappa shape index (κ3) is 5.52. The highest BCUT2D eigenvalue weighted by atomic mass is 35.5. The standard InChI is InChI=1S/C14H16Cl2N2O3/c1-21-6-5-18(4-2-3-17)14(20)13(19)10-7-11(15)9-12(16)8-10/h7-9,13,19H,2,4-6H2,1H3. The summed E-state index contributed by atoms with van der Waals surface area (Å²) in [5.41, 5.74) is 0.317. The third-order valence-corrected chi connectivity index (χ3v) is 3.24. The monoisotopic (exact) mass is 330 g/mol. The summed E-state index contributed by atoms with van der Waals surface area (Å²) in [6.07, 6.45) is -1.20. The number of nitrogens with zero attached hydrogens (tertiary/aromatic N) is 2. The van der Waals surface area contributed by atoms with Crippen LogP contribution in [0.4, 0.5) is 0 Å². The number of halogens is 2. The van der Waals surface area contributed by atoms with Crippen LogP contribution in [0.1, 0.15) is 18.1 Å². The number of ether oxygens (including phenoxy) is 1. The van der Waals surface area contributed by atoms with Crippen molar-refractivity contribution in [3.63, 3.8) is 0 Å². The Morgan fingerprint density at radius 2 is 2.00 bits per heavy atom. The van der Waals surface area contributed by atoms with Crippen LogP contribution in [0.15, 0.2) is 18.2 Å². The fourth-order valence-corrected chi connectivity index (χ4v) is 2.31. The van der Waals surface area contributed by atoms with Gasteiger partial charge in [0.1, 0.15) is 0 Å². The van der Waals surface area contributed by atoms with Gasteiger partial charge in [0.2, 0.25) is 0 Å². The van der Waals surface area contributed by atoms with E-state index in [-0.39, 0.29) is 13.0 Å². The van der Waals surface area contributed by atoms with Crippen LogP contribution in [0.25, 0.3) is 0 Å². The minimum Gasteiger partial charge on any atom is -0.383 e. The Morgan fingerprint density at radius 1 is 1.38 bits per heavy atom. The molecule has 0 saturated carbocycles. The topological polar surface area (TPSA) is 73.6 Å². The van der Waals surface area contributed by atoms with Gasteiger partial charge in [0.25, 0.3) is 5.91 Å². The molecule has 1 rings (SSSR count). The minimum atomic E-state index is -1.38. The zero-order valence-electron chi connectivity index (χ0n) is 11.6. The number of hydrogen-bond acceptors (Lipinski definition) is 4. The van der Waals surface area contributed by atoms with Crippen molar-refractivity contribution in [3.8, 4) is 6.07 Å². The van der Waals surface area contributed by atoms with Crippen LogP contribution in [0, 0.1) is 11.3 Å². The predicted molar refractivity (Wildman–Crippen MR) is 80.1 cm³/mol. The molecule has 7 heteroatoms. The van der Waals surface area contributed by atoms with Gasteiger partial charge in [-0.1, -0.05) is 23.2 Å². The number of carbonyl (C=O) groups excluding carboxylic acids is 1. The van der Waals surface area contributed by atoms with Crippen molar-refractivity contribution in [2.75, 3.05) is 26.8 Å². The van der Waals surface area contributed by atoms with Gasteiger partial charge in [-0.25, -0.2) is 0 Å². The van der Waals surface area contributed by atoms with Crippen LogP contribution in [-0.4, -0.2) is 42.7 Å². The number of amides is 1. The zero-order chi connectivity index (χ0) is 15.8. The first-order valence-electron chi connectivity index (χ1n) is 6.28. The Kier molecular flexibility index (Phi) is 7.48. The Bertz CT molecular complexity index is 511. The van der Waals surface area contributed by atoms with E-state index in [9.17, 15) is 9.90 Å². The van der Waals surface area contributed by atoms with Crippen molar-refractivity contribution in [1.82, 2.24) is 4.90 Å². The molecule has 0 aromatic heterocycles. The van der Waals surface area contributed by atoms with E-state index in [1.54, 1.807) is 0 Å². The van der Waals surface area contributed by atoms with Gasteiger partial charge < -0.3 is 14.7 Å². The molecule has 0 heterocycles. The summed E-state index contributed by atoms with van der Waals surface area (Å²) < 4.78 is 4.93. The number of nitriles is 1. The number of benzene rings is 1. The lowest BCUT2D eigenvalue weighted by Gasteiger charge is -2.24. The maximum absolute atomic E-state index is 12.3. The molecular weight excluding hydrogens is 315 g/mol. The molecule has 1 atom stereocenters. The Morgan fingerprint density at radius 3 is 2.52 bits per heavy atom. The van der Waals surface area contributed by atoms with Crippen molar-refractivity contribution >= 4 is 29.1 Å². The van der Waals surface area contributed by atoms with Gasteiger partial charge in [-0.05, 0) is 23.8 Å². The first-order chi connectivity index (χ1) is 9.99. The second kappa shape index (κ2) is 8.85. The smallest absolute Gasteiger partial charge is 0.256 e. The van der Waals surface area contributed by atoms with Gasteiger partial charge in [-0.2, -0.15) is 5.26 Å². The zero-order valence-corrected chi connectivity index (χ0v) is 13.1. The van der Waals surface area contributed by atoms with Crippen LogP contribution in [0.3, 0.4) is 0 Å². The van der Waals surface area contributed by atoms with E-state index in [0.29, 0.717) is 28.8 Å². The summed E-state index contributed by atoms with van der Waals surface area (Å²) in [4.78, 5) is 13.7. The molecule has 0 bridgehead atoms. The molecule has 0 spiro atoms. The summed E-state index contributed by atoms with van der Waals surface area (Å²) in [7, 11) is 1.51. The fourth-order valence-electron chi connectivity index (χ4n) is 1.77. The number of carbonyl (C=O) groups is 1. The SMILES string of the molecule is COCCN(CCC#N)C(=O)C(O)c1cc(Cl)cc(Cl)c1. The van der Waals surface area contributed by atoms with Gasteiger partial charge in [-0.15, -0.1) is 0 Å². The molecule has 0 aliphatic heterocycles. The normalized spacial score (nSPS) is 11.8. The van der Waals surface area contributed by atoms with Crippen molar-refractivity contribution < 1.29 is 14.6 Å². The van der Waals surface area contributed by atoms with Gasteiger partial charge >= 0.3 is 0 Å². The van der Waals surface area contributed by atoms with E-state index in [0.717, 1.165) is 0 Å². The van der Waals surface area contributed by atoms with E-state index < -0.39 is 12.0 Å². The molecule has 0 aliphatic carbocycles. The van der Waals surface area contributed by atoms with Gasteiger partial charge in [0, 0.05) is 30.2 Å². The first-order valence-corrected chi connectivity index (χ1v) is 7.04. The molecule has 1 unspecified atom stereocenters. The largest absolute Gasteiger partial charge is 0.383 e. The van der Waals surface area contributed by atoms with Crippen molar-refractivity contribution in [3.05, 3.63) is 33.8 Å². The van der Waals surface area contributed by atoms with Crippen molar-refractivity contribution in [2.24, 2.45) is 0 Å². The van der Waals surface area contributed by atoms with E-state index >= 15 is 0 Å². The number of methoxy groups -OCH3 is 1. The maximum Gasteiger partial charge on any atom is 0.256 e. The van der Waals surface area contributed by atoms with Gasteiger partial charge in [0.05, 0.1) is 19.1 Å². The molecule has 0 aliphatic rings. The van der Waals surface area contributed by atoms with E-state index in [4.69, 9.17) is 33.2 Å². The molecular formula is C14H16Cl2N2O3. The van der Waals surface area contributed by atoms with Crippen LogP contribution in [0.2, 0.25) is 10.0 Å². The summed E-state index contributed by atoms with van der Waals surface area (Å²) in [5, 5.41) is 19.5. The molecule has 0 saturated heterocycles. The van der Waals surface area contributed by atoms with Crippen LogP contribution in [0.5, 0.6) is 0 Å². The molecule has 1 aromatic rings. The van der Waals surface area contributed by atoms with Crippen LogP contribution < -0.4 is 0 Å². The van der Waals surface area contributed by atoms with E-state index in [1.165, 1.54) is 30.2 Å². The lowest BCUT2D eigenvalue weighted by atomic mass is 10.1. The lowest BCUT2D eigenvalue weighted by Crippen LogP contribution is -2.38. The average Bonchev–Trinajstić information content (AvgIpc) is 2.45. The number of rotatable bonds is 7. The maximum atomic E-state index is 12.3. The Hall–Kier alpha value is -1.32. The highest BCUT2D eigenvalue weighted by Gasteiger charge is 2.24. The highest BCUT2D eigenvalue weighted by Crippen LogP contribution is 2.24. The molecule has 1 amide bonds. The van der Waals surface area contributed by atoms with Crippen LogP contribution in [-0.2, 0) is 9.53 Å². The molecule has 0 fully saturated rings. The highest BCUT2D eigenvalue weighted by molar-refractivity contribution is 6.34. The predicted octanol–water partition coefficient (Wildman–Crippen LogP) is 2.42. The minimum absolute atomic E-state index is 0.179. The average molecular weight is 331 g/mol. The third-order valence-electron chi connectivity index (χ3n) is 2.81. The number of aliphatic hydroxyl groups is 1. The number of hydrogen-bond donors (Lipinski definition) is 1. The quantitative estimate of drug-likeness (QED) is 0.833. The molecule has 0 radical (unpaired) electrons. The molecule has 5 nitrogen and oxygen atoms in total. The van der Waals surface area contributed by atoms with Crippen molar-refractivity contribution in [2.45, 2.75) is 12.5 Å². The fraction of sp³-hybridized carbons (Fsp3) is 0.429. The van der Waals surface area contributed by atoms with Crippen LogP contribution >= 0.6 is 23.2 Å². The Balaban J connectivity index is 2.87. The second-order valence-electron chi connectivity index (χ2n) is 4.33. The first kappa shape index (κ1) is 17.7. The van der Waals surface area contributed by atoms with E-state index in [2.05, 4.69) is 0 Å².